The topological polar surface area (TPSA) is 19.4 Å². The quantitative estimate of drug-likeness (QED) is 0.0564. The van der Waals surface area contributed by atoms with Crippen LogP contribution in [-0.2, 0) is 25.7 Å². The second kappa shape index (κ2) is 41.7. The monoisotopic (exact) mass is 1700 g/mol. The van der Waals surface area contributed by atoms with Gasteiger partial charge in [-0.25, -0.2) is 0 Å². The lowest BCUT2D eigenvalue weighted by atomic mass is 10.00. The zero-order valence-electron chi connectivity index (χ0n) is 78.0. The van der Waals surface area contributed by atoms with E-state index in [9.17, 15) is 0 Å². The average Bonchev–Trinajstić information content (AvgIpc) is 0.801. The smallest absolute Gasteiger partial charge is 0.0491 e. The molecular weight excluding hydrogens is 1590 g/mol. The number of aryl methyl sites for hydroxylation is 13. The molecular formula is C125H118N6. The summed E-state index contributed by atoms with van der Waals surface area (Å²) in [7, 11) is 0. The molecule has 18 rings (SSSR count). The fraction of sp³-hybridized carbons (Fsp3) is 0.136. The summed E-state index contributed by atoms with van der Waals surface area (Å²) in [6.07, 6.45) is 4.09. The lowest BCUT2D eigenvalue weighted by Gasteiger charge is -2.29. The standard InChI is InChI=1S/2C43H42N2.C39H34N2/c1-6-34-12-23-38(24-13-34)44(39-25-14-35(7-2)15-26-39)40-27-16-36(17-28-40)37-18-29-43(33(5)30-37)45(41-19-8-31(3)9-20-41)42-21-10-32(4)11-22-42;1-6-34-14-10-18-41(29-34)44(42-19-11-15-35(7-2)30-42)38-23-20-36(21-24-38)37-22-25-43(33(5)28-37)45(39-16-8-12-31(3)26-39)40-17-9-13-32(4)27-40;1-29-14-10-12-20-37(29)40(34-16-6-4-7-17-34)36-25-22-32(23-26-36)33-24-27-39(31(3)28-33)41(35-18-8-5-9-19-35)38-21-13-11-15-30(38)2/h2*8-30H,6-7H2,1-5H3;4-28H,1-3H3. The first-order valence-electron chi connectivity index (χ1n) is 46.2. The van der Waals surface area contributed by atoms with Crippen LogP contribution in [0.2, 0.25) is 0 Å². The summed E-state index contributed by atoms with van der Waals surface area (Å²) in [5.41, 5.74) is 44.8. The third kappa shape index (κ3) is 21.0. The molecule has 18 aromatic carbocycles. The van der Waals surface area contributed by atoms with E-state index in [0.29, 0.717) is 0 Å². The molecule has 0 spiro atoms. The van der Waals surface area contributed by atoms with Gasteiger partial charge in [-0.15, -0.1) is 0 Å². The fourth-order valence-electron chi connectivity index (χ4n) is 17.5. The van der Waals surface area contributed by atoms with E-state index in [0.717, 1.165) is 76.9 Å². The van der Waals surface area contributed by atoms with Crippen LogP contribution in [0.3, 0.4) is 0 Å². The highest BCUT2D eigenvalue weighted by molar-refractivity contribution is 5.88. The second-order valence-corrected chi connectivity index (χ2v) is 34.3. The van der Waals surface area contributed by atoms with Crippen LogP contribution in [0.1, 0.15) is 100 Å². The maximum absolute atomic E-state index is 2.37. The Bertz CT molecular complexity index is 6660. The first kappa shape index (κ1) is 89.2. The minimum absolute atomic E-state index is 1.01. The lowest BCUT2D eigenvalue weighted by molar-refractivity contribution is 1.12. The Morgan fingerprint density at radius 1 is 0.137 bits per heavy atom. The molecule has 0 radical (unpaired) electrons. The number of rotatable bonds is 25. The molecule has 0 N–H and O–H groups in total. The zero-order chi connectivity index (χ0) is 90.9. The number of benzene rings is 18. The van der Waals surface area contributed by atoms with E-state index < -0.39 is 0 Å². The second-order valence-electron chi connectivity index (χ2n) is 34.3. The summed E-state index contributed by atoms with van der Waals surface area (Å²) in [6.45, 7) is 28.4. The molecule has 6 heteroatoms. The van der Waals surface area contributed by atoms with Gasteiger partial charge in [0.15, 0.2) is 0 Å². The molecule has 648 valence electrons. The van der Waals surface area contributed by atoms with Gasteiger partial charge in [0.25, 0.3) is 0 Å². The Kier molecular flexibility index (Phi) is 28.4. The Hall–Kier alpha value is -15.2. The van der Waals surface area contributed by atoms with Gasteiger partial charge in [-0.2, -0.15) is 0 Å². The van der Waals surface area contributed by atoms with Gasteiger partial charge >= 0.3 is 0 Å². The average molecular weight is 1700 g/mol. The third-order valence-electron chi connectivity index (χ3n) is 24.9. The van der Waals surface area contributed by atoms with E-state index in [1.807, 2.05) is 0 Å². The Morgan fingerprint density at radius 3 is 0.702 bits per heavy atom. The van der Waals surface area contributed by atoms with E-state index in [2.05, 4.69) is 550 Å². The number of para-hydroxylation sites is 4. The van der Waals surface area contributed by atoms with Crippen LogP contribution >= 0.6 is 0 Å². The van der Waals surface area contributed by atoms with Crippen LogP contribution in [0, 0.1) is 62.3 Å². The molecule has 0 aromatic heterocycles. The van der Waals surface area contributed by atoms with Crippen molar-refractivity contribution in [2.45, 2.75) is 116 Å². The van der Waals surface area contributed by atoms with Gasteiger partial charge in [-0.3, -0.25) is 0 Å². The van der Waals surface area contributed by atoms with Gasteiger partial charge in [0, 0.05) is 102 Å². The number of hydrogen-bond donors (Lipinski definition) is 0. The molecule has 0 atom stereocenters. The van der Waals surface area contributed by atoms with Gasteiger partial charge in [0.1, 0.15) is 0 Å². The molecule has 0 aliphatic heterocycles. The van der Waals surface area contributed by atoms with Crippen LogP contribution in [0.4, 0.5) is 102 Å². The van der Waals surface area contributed by atoms with Gasteiger partial charge in [0.2, 0.25) is 0 Å². The number of anilines is 18. The maximum atomic E-state index is 2.37. The minimum atomic E-state index is 1.01. The van der Waals surface area contributed by atoms with Crippen LogP contribution in [0.5, 0.6) is 0 Å². The van der Waals surface area contributed by atoms with Crippen LogP contribution < -0.4 is 29.4 Å². The molecule has 0 bridgehead atoms. The predicted octanol–water partition coefficient (Wildman–Crippen LogP) is 35.9. The maximum Gasteiger partial charge on any atom is 0.0491 e. The summed E-state index contributed by atoms with van der Waals surface area (Å²) in [5, 5.41) is 0. The Morgan fingerprint density at radius 2 is 0.374 bits per heavy atom. The van der Waals surface area contributed by atoms with Gasteiger partial charge < -0.3 is 29.4 Å². The molecule has 131 heavy (non-hydrogen) atoms. The van der Waals surface area contributed by atoms with E-state index in [1.165, 1.54) is 157 Å². The highest BCUT2D eigenvalue weighted by Gasteiger charge is 2.24. The van der Waals surface area contributed by atoms with Crippen molar-refractivity contribution in [3.8, 4) is 33.4 Å². The van der Waals surface area contributed by atoms with E-state index in [1.54, 1.807) is 0 Å². The van der Waals surface area contributed by atoms with Crippen LogP contribution in [0.15, 0.2) is 431 Å². The molecule has 0 amide bonds. The van der Waals surface area contributed by atoms with Crippen molar-refractivity contribution in [2.75, 3.05) is 29.4 Å². The molecule has 0 aliphatic rings. The highest BCUT2D eigenvalue weighted by Crippen LogP contribution is 2.47. The summed E-state index contributed by atoms with van der Waals surface area (Å²) >= 11 is 0. The normalized spacial score (nSPS) is 10.9. The van der Waals surface area contributed by atoms with Crippen molar-refractivity contribution in [1.29, 1.82) is 0 Å². The van der Waals surface area contributed by atoms with Gasteiger partial charge in [-0.1, -0.05) is 263 Å². The molecule has 0 fully saturated rings. The van der Waals surface area contributed by atoms with Crippen LogP contribution in [-0.4, -0.2) is 0 Å². The number of hydrogen-bond acceptors (Lipinski definition) is 6. The van der Waals surface area contributed by atoms with E-state index in [-0.39, 0.29) is 0 Å². The SMILES string of the molecule is CCc1ccc(N(c2ccc(CC)cc2)c2ccc(-c3ccc(N(c4ccc(C)cc4)c4ccc(C)cc4)c(C)c3)cc2)cc1.CCc1cccc(N(c2ccc(-c3ccc(N(c4cccc(C)c4)c4cccc(C)c4)c(C)c3)cc2)c2cccc(CC)c2)c1.Cc1ccccc1N(c1ccccc1)c1ccc(-c2ccc(N(c3ccccc3)c3ccccc3C)c(C)c2)cc1. The largest absolute Gasteiger partial charge is 0.311 e. The Labute approximate surface area is 778 Å². The zero-order valence-corrected chi connectivity index (χ0v) is 78.0. The summed E-state index contributed by atoms with van der Waals surface area (Å²) in [5.74, 6) is 0. The fourth-order valence-corrected chi connectivity index (χ4v) is 17.5. The van der Waals surface area contributed by atoms with Crippen molar-refractivity contribution in [3.63, 3.8) is 0 Å². The van der Waals surface area contributed by atoms with Crippen molar-refractivity contribution >= 4 is 102 Å². The first-order valence-corrected chi connectivity index (χ1v) is 46.2. The van der Waals surface area contributed by atoms with Crippen LogP contribution in [0.25, 0.3) is 33.4 Å². The summed E-state index contributed by atoms with van der Waals surface area (Å²) in [6, 6.07) is 156. The summed E-state index contributed by atoms with van der Waals surface area (Å²) in [4.78, 5) is 14.1. The minimum Gasteiger partial charge on any atom is -0.311 e. The van der Waals surface area contributed by atoms with E-state index in [4.69, 9.17) is 0 Å². The lowest BCUT2D eigenvalue weighted by Crippen LogP contribution is -2.12. The van der Waals surface area contributed by atoms with Crippen molar-refractivity contribution in [1.82, 2.24) is 0 Å². The molecule has 0 saturated heterocycles. The molecule has 0 aliphatic carbocycles. The Balaban J connectivity index is 0.000000144. The first-order chi connectivity index (χ1) is 64.0. The molecule has 6 nitrogen and oxygen atoms in total. The predicted molar refractivity (Wildman–Crippen MR) is 564 cm³/mol. The molecule has 18 aromatic rings. The van der Waals surface area contributed by atoms with Gasteiger partial charge in [-0.05, 0) is 389 Å². The van der Waals surface area contributed by atoms with Crippen molar-refractivity contribution < 1.29 is 0 Å². The summed E-state index contributed by atoms with van der Waals surface area (Å²) < 4.78 is 0. The molecule has 0 unspecified atom stereocenters. The molecule has 0 heterocycles. The van der Waals surface area contributed by atoms with E-state index >= 15 is 0 Å². The third-order valence-corrected chi connectivity index (χ3v) is 24.9. The van der Waals surface area contributed by atoms with Gasteiger partial charge in [0.05, 0.1) is 0 Å². The number of nitrogens with zero attached hydrogens (tertiary/aromatic N) is 6. The van der Waals surface area contributed by atoms with Crippen molar-refractivity contribution in [2.24, 2.45) is 0 Å². The molecule has 0 saturated carbocycles. The van der Waals surface area contributed by atoms with Crippen molar-refractivity contribution in [3.05, 3.63) is 503 Å². The highest BCUT2D eigenvalue weighted by atomic mass is 15.2.